The van der Waals surface area contributed by atoms with Crippen LogP contribution >= 0.6 is 11.6 Å². The minimum absolute atomic E-state index is 0.187. The summed E-state index contributed by atoms with van der Waals surface area (Å²) < 4.78 is 26.8. The van der Waals surface area contributed by atoms with Crippen molar-refractivity contribution in [1.82, 2.24) is 15.1 Å². The van der Waals surface area contributed by atoms with Crippen molar-refractivity contribution >= 4 is 17.4 Å². The first-order chi connectivity index (χ1) is 14.1. The normalized spacial score (nSPS) is 23.1. The fourth-order valence-corrected chi connectivity index (χ4v) is 4.48. The van der Waals surface area contributed by atoms with Gasteiger partial charge in [-0.05, 0) is 59.9 Å². The second-order valence-corrected chi connectivity index (χ2v) is 8.16. The third-order valence-corrected chi connectivity index (χ3v) is 6.08. The van der Waals surface area contributed by atoms with Crippen molar-refractivity contribution in [2.75, 3.05) is 18.4 Å². The van der Waals surface area contributed by atoms with Crippen LogP contribution in [0.25, 0.3) is 11.3 Å². The lowest BCUT2D eigenvalue weighted by molar-refractivity contribution is 0.292. The van der Waals surface area contributed by atoms with E-state index in [-0.39, 0.29) is 11.6 Å². The monoisotopic (exact) mass is 412 g/mol. The number of rotatable bonds is 5. The number of halogens is 3. The molecule has 3 atom stereocenters. The van der Waals surface area contributed by atoms with Gasteiger partial charge in [0.25, 0.3) is 0 Å². The highest BCUT2D eigenvalue weighted by molar-refractivity contribution is 6.33. The lowest BCUT2D eigenvalue weighted by Gasteiger charge is -2.20. The Morgan fingerprint density at radius 3 is 2.48 bits per heavy atom. The van der Waals surface area contributed by atoms with Crippen molar-refractivity contribution in [2.24, 2.45) is 11.8 Å². The molecule has 0 radical (unpaired) electrons. The Morgan fingerprint density at radius 2 is 1.76 bits per heavy atom. The van der Waals surface area contributed by atoms with Crippen molar-refractivity contribution in [3.63, 3.8) is 0 Å². The molecule has 29 heavy (non-hydrogen) atoms. The lowest BCUT2D eigenvalue weighted by Crippen LogP contribution is -2.27. The van der Waals surface area contributed by atoms with Gasteiger partial charge in [-0.25, -0.2) is 8.78 Å². The summed E-state index contributed by atoms with van der Waals surface area (Å²) in [6.07, 6.45) is 0. The van der Waals surface area contributed by atoms with E-state index in [4.69, 9.17) is 11.6 Å². The Bertz CT molecular complexity index is 1030. The van der Waals surface area contributed by atoms with E-state index in [0.717, 1.165) is 25.2 Å². The third kappa shape index (κ3) is 3.82. The molecule has 1 unspecified atom stereocenters. The predicted molar refractivity (Wildman–Crippen MR) is 109 cm³/mol. The number of benzene rings is 2. The van der Waals surface area contributed by atoms with Crippen LogP contribution in [0.2, 0.25) is 5.02 Å². The highest BCUT2D eigenvalue weighted by Gasteiger charge is 2.55. The van der Waals surface area contributed by atoms with Gasteiger partial charge < -0.3 is 5.32 Å². The summed E-state index contributed by atoms with van der Waals surface area (Å²) in [6, 6.07) is 15.0. The molecule has 0 amide bonds. The standard InChI is InChI=1S/C22H19ClF2N4/c23-19-5-4-15(25)9-16(19)20-6-7-21(28-27-20)26-22-17-11-29(12-18(17)22)10-13-2-1-3-14(24)8-13/h1-9,17-18,22H,10-12H2,(H,26,28)/t17-,18+,22?. The molecule has 2 heterocycles. The van der Waals surface area contributed by atoms with Crippen molar-refractivity contribution < 1.29 is 8.78 Å². The third-order valence-electron chi connectivity index (χ3n) is 5.75. The first-order valence-electron chi connectivity index (χ1n) is 9.59. The van der Waals surface area contributed by atoms with E-state index in [2.05, 4.69) is 20.4 Å². The summed E-state index contributed by atoms with van der Waals surface area (Å²) in [5.74, 6) is 1.30. The molecule has 1 saturated heterocycles. The number of nitrogens with zero attached hydrogens (tertiary/aromatic N) is 3. The zero-order chi connectivity index (χ0) is 20.0. The van der Waals surface area contributed by atoms with Gasteiger partial charge in [-0.2, -0.15) is 0 Å². The van der Waals surface area contributed by atoms with Crippen LogP contribution in [0.5, 0.6) is 0 Å². The molecule has 0 bridgehead atoms. The zero-order valence-corrected chi connectivity index (χ0v) is 16.3. The largest absolute Gasteiger partial charge is 0.365 e. The Balaban J connectivity index is 1.18. The lowest BCUT2D eigenvalue weighted by atomic mass is 10.1. The van der Waals surface area contributed by atoms with Crippen LogP contribution in [0, 0.1) is 23.5 Å². The molecule has 4 nitrogen and oxygen atoms in total. The number of likely N-dealkylation sites (tertiary alicyclic amines) is 1. The fourth-order valence-electron chi connectivity index (χ4n) is 4.27. The molecule has 2 fully saturated rings. The molecule has 0 spiro atoms. The molecule has 7 heteroatoms. The van der Waals surface area contributed by atoms with Crippen LogP contribution < -0.4 is 5.32 Å². The highest BCUT2D eigenvalue weighted by Crippen LogP contribution is 2.47. The maximum Gasteiger partial charge on any atom is 0.148 e. The zero-order valence-electron chi connectivity index (χ0n) is 15.5. The van der Waals surface area contributed by atoms with E-state index < -0.39 is 0 Å². The summed E-state index contributed by atoms with van der Waals surface area (Å²) in [5, 5.41) is 12.3. The van der Waals surface area contributed by atoms with E-state index in [1.54, 1.807) is 18.2 Å². The van der Waals surface area contributed by atoms with Crippen LogP contribution in [0.15, 0.2) is 54.6 Å². The van der Waals surface area contributed by atoms with Gasteiger partial charge in [-0.15, -0.1) is 10.2 Å². The Kier molecular flexibility index (Phi) is 4.68. The minimum atomic E-state index is -0.359. The van der Waals surface area contributed by atoms with Gasteiger partial charge in [-0.1, -0.05) is 23.7 Å². The van der Waals surface area contributed by atoms with Gasteiger partial charge in [-0.3, -0.25) is 4.90 Å². The number of hydrogen-bond donors (Lipinski definition) is 1. The van der Waals surface area contributed by atoms with Crippen LogP contribution in [-0.2, 0) is 6.54 Å². The predicted octanol–water partition coefficient (Wildman–Crippen LogP) is 4.62. The number of fused-ring (bicyclic) bond motifs is 1. The van der Waals surface area contributed by atoms with Crippen LogP contribution in [0.3, 0.4) is 0 Å². The molecule has 3 aromatic rings. The second kappa shape index (κ2) is 7.35. The molecule has 2 aromatic carbocycles. The van der Waals surface area contributed by atoms with Gasteiger partial charge in [0.1, 0.15) is 17.5 Å². The van der Waals surface area contributed by atoms with Crippen molar-refractivity contribution in [3.8, 4) is 11.3 Å². The molecule has 1 saturated carbocycles. The van der Waals surface area contributed by atoms with Gasteiger partial charge in [0.05, 0.1) is 10.7 Å². The maximum atomic E-state index is 13.5. The molecule has 1 aliphatic carbocycles. The number of nitrogens with one attached hydrogen (secondary N) is 1. The summed E-state index contributed by atoms with van der Waals surface area (Å²) in [7, 11) is 0. The van der Waals surface area contributed by atoms with Crippen molar-refractivity contribution in [3.05, 3.63) is 76.8 Å². The van der Waals surface area contributed by atoms with Crippen LogP contribution in [0.4, 0.5) is 14.6 Å². The molecule has 1 aromatic heterocycles. The topological polar surface area (TPSA) is 41.0 Å². The Labute approximate surface area is 172 Å². The molecule has 1 aliphatic heterocycles. The average molecular weight is 413 g/mol. The minimum Gasteiger partial charge on any atom is -0.365 e. The molecule has 148 valence electrons. The highest BCUT2D eigenvalue weighted by atomic mass is 35.5. The first-order valence-corrected chi connectivity index (χ1v) is 9.97. The quantitative estimate of drug-likeness (QED) is 0.664. The molecule has 2 aliphatic rings. The average Bonchev–Trinajstić information content (AvgIpc) is 3.14. The van der Waals surface area contributed by atoms with E-state index in [1.165, 1.54) is 24.3 Å². The maximum absolute atomic E-state index is 13.5. The Morgan fingerprint density at radius 1 is 0.966 bits per heavy atom. The molecule has 1 N–H and O–H groups in total. The summed E-state index contributed by atoms with van der Waals surface area (Å²) >= 11 is 6.13. The van der Waals surface area contributed by atoms with E-state index >= 15 is 0 Å². The van der Waals surface area contributed by atoms with Gasteiger partial charge in [0.15, 0.2) is 0 Å². The van der Waals surface area contributed by atoms with E-state index in [1.807, 2.05) is 12.1 Å². The van der Waals surface area contributed by atoms with Crippen molar-refractivity contribution in [2.45, 2.75) is 12.6 Å². The fraction of sp³-hybridized carbons (Fsp3) is 0.273. The van der Waals surface area contributed by atoms with E-state index in [0.29, 0.717) is 40.0 Å². The summed E-state index contributed by atoms with van der Waals surface area (Å²) in [6.45, 7) is 2.76. The molecule has 5 rings (SSSR count). The van der Waals surface area contributed by atoms with Crippen LogP contribution in [0.1, 0.15) is 5.56 Å². The number of anilines is 1. The van der Waals surface area contributed by atoms with E-state index in [9.17, 15) is 8.78 Å². The van der Waals surface area contributed by atoms with Gasteiger partial charge in [0.2, 0.25) is 0 Å². The Hall–Kier alpha value is -2.57. The summed E-state index contributed by atoms with van der Waals surface area (Å²) in [4.78, 5) is 2.36. The number of aromatic nitrogens is 2. The molecular weight excluding hydrogens is 394 g/mol. The smallest absolute Gasteiger partial charge is 0.148 e. The molecular formula is C22H19ClF2N4. The van der Waals surface area contributed by atoms with Crippen molar-refractivity contribution in [1.29, 1.82) is 0 Å². The van der Waals surface area contributed by atoms with Crippen LogP contribution in [-0.4, -0.2) is 34.2 Å². The number of hydrogen-bond acceptors (Lipinski definition) is 4. The van der Waals surface area contributed by atoms with Gasteiger partial charge >= 0.3 is 0 Å². The van der Waals surface area contributed by atoms with Gasteiger partial charge in [0, 0.05) is 31.2 Å². The SMILES string of the molecule is Fc1cccc(CN2C[C@@H]3C(Nc4ccc(-c5cc(F)ccc5Cl)nn4)[C@@H]3C2)c1. The number of piperidine rings is 1. The second-order valence-electron chi connectivity index (χ2n) is 7.75. The first kappa shape index (κ1) is 18.5. The summed E-state index contributed by atoms with van der Waals surface area (Å²) in [5.41, 5.74) is 2.08.